The fourth-order valence-corrected chi connectivity index (χ4v) is 2.21. The number of carboxylic acids is 1. The van der Waals surface area contributed by atoms with Crippen LogP contribution in [-0.4, -0.2) is 15.6 Å². The van der Waals surface area contributed by atoms with Gasteiger partial charge in [-0.2, -0.15) is 0 Å². The van der Waals surface area contributed by atoms with Gasteiger partial charge in [0.25, 0.3) is 5.56 Å². The van der Waals surface area contributed by atoms with Crippen molar-refractivity contribution in [3.05, 3.63) is 64.5 Å². The van der Waals surface area contributed by atoms with E-state index in [0.29, 0.717) is 5.56 Å². The fourth-order valence-electron chi connectivity index (χ4n) is 2.21. The lowest BCUT2D eigenvalue weighted by Gasteiger charge is -2.17. The van der Waals surface area contributed by atoms with Crippen LogP contribution in [0.25, 0.3) is 17.3 Å². The third kappa shape index (κ3) is 3.28. The standard InChI is InChI=1S/C17H17NO3/c1-12(2)18-15(13-6-4-3-5-7-13)10-8-14(17(18)21)9-11-16(19)20/h3-12H,1-2H3,(H,19,20)/b11-9+. The molecule has 0 spiro atoms. The van der Waals surface area contributed by atoms with Crippen LogP contribution in [0.5, 0.6) is 0 Å². The van der Waals surface area contributed by atoms with Crippen LogP contribution in [0, 0.1) is 0 Å². The summed E-state index contributed by atoms with van der Waals surface area (Å²) in [5.74, 6) is -1.07. The number of rotatable bonds is 4. The molecule has 1 aromatic heterocycles. The molecule has 108 valence electrons. The number of hydrogen-bond acceptors (Lipinski definition) is 2. The monoisotopic (exact) mass is 283 g/mol. The molecular formula is C17H17NO3. The average Bonchev–Trinajstić information content (AvgIpc) is 2.46. The molecule has 0 amide bonds. The van der Waals surface area contributed by atoms with Crippen molar-refractivity contribution in [1.82, 2.24) is 4.57 Å². The Hall–Kier alpha value is -2.62. The highest BCUT2D eigenvalue weighted by atomic mass is 16.4. The van der Waals surface area contributed by atoms with Crippen LogP contribution in [0.4, 0.5) is 0 Å². The first kappa shape index (κ1) is 14.8. The third-order valence-corrected chi connectivity index (χ3v) is 3.14. The van der Waals surface area contributed by atoms with Gasteiger partial charge in [0.1, 0.15) is 0 Å². The molecule has 0 fully saturated rings. The van der Waals surface area contributed by atoms with Crippen molar-refractivity contribution in [3.63, 3.8) is 0 Å². The van der Waals surface area contributed by atoms with E-state index < -0.39 is 5.97 Å². The topological polar surface area (TPSA) is 59.3 Å². The summed E-state index contributed by atoms with van der Waals surface area (Å²) in [6, 6.07) is 13.1. The summed E-state index contributed by atoms with van der Waals surface area (Å²) in [7, 11) is 0. The number of aliphatic carboxylic acids is 1. The zero-order valence-electron chi connectivity index (χ0n) is 12.0. The first-order chi connectivity index (χ1) is 10.0. The molecule has 1 aromatic carbocycles. The minimum Gasteiger partial charge on any atom is -0.478 e. The van der Waals surface area contributed by atoms with Gasteiger partial charge in [0.15, 0.2) is 0 Å². The molecule has 0 atom stereocenters. The molecule has 1 heterocycles. The maximum Gasteiger partial charge on any atom is 0.328 e. The van der Waals surface area contributed by atoms with E-state index in [1.807, 2.05) is 50.2 Å². The SMILES string of the molecule is CC(C)n1c(-c2ccccc2)ccc(/C=C/C(=O)O)c1=O. The van der Waals surface area contributed by atoms with Gasteiger partial charge in [-0.05, 0) is 37.6 Å². The van der Waals surface area contributed by atoms with Crippen LogP contribution in [0.2, 0.25) is 0 Å². The summed E-state index contributed by atoms with van der Waals surface area (Å²) in [6.07, 6.45) is 2.31. The number of benzene rings is 1. The van der Waals surface area contributed by atoms with E-state index in [-0.39, 0.29) is 11.6 Å². The molecule has 4 heteroatoms. The Morgan fingerprint density at radius 3 is 2.38 bits per heavy atom. The van der Waals surface area contributed by atoms with E-state index in [9.17, 15) is 9.59 Å². The number of aromatic nitrogens is 1. The second-order valence-electron chi connectivity index (χ2n) is 4.98. The van der Waals surface area contributed by atoms with Gasteiger partial charge in [-0.1, -0.05) is 30.3 Å². The smallest absolute Gasteiger partial charge is 0.328 e. The van der Waals surface area contributed by atoms with Crippen molar-refractivity contribution in [2.75, 3.05) is 0 Å². The van der Waals surface area contributed by atoms with Crippen molar-refractivity contribution >= 4 is 12.0 Å². The fraction of sp³-hybridized carbons (Fsp3) is 0.176. The molecule has 0 radical (unpaired) electrons. The second-order valence-corrected chi connectivity index (χ2v) is 4.98. The maximum absolute atomic E-state index is 12.5. The van der Waals surface area contributed by atoms with Gasteiger partial charge < -0.3 is 9.67 Å². The molecule has 0 saturated heterocycles. The van der Waals surface area contributed by atoms with Crippen LogP contribution in [0.15, 0.2) is 53.3 Å². The molecule has 0 bridgehead atoms. The minimum absolute atomic E-state index is 0.0223. The zero-order valence-corrected chi connectivity index (χ0v) is 12.0. The predicted octanol–water partition coefficient (Wildman–Crippen LogP) is 3.19. The largest absolute Gasteiger partial charge is 0.478 e. The van der Waals surface area contributed by atoms with Crippen molar-refractivity contribution < 1.29 is 9.90 Å². The van der Waals surface area contributed by atoms with Gasteiger partial charge >= 0.3 is 5.97 Å². The number of carbonyl (C=O) groups is 1. The van der Waals surface area contributed by atoms with Crippen LogP contribution in [0.3, 0.4) is 0 Å². The summed E-state index contributed by atoms with van der Waals surface area (Å²) in [5.41, 5.74) is 1.95. The Morgan fingerprint density at radius 1 is 1.14 bits per heavy atom. The molecule has 4 nitrogen and oxygen atoms in total. The highest BCUT2D eigenvalue weighted by Crippen LogP contribution is 2.21. The first-order valence-corrected chi connectivity index (χ1v) is 6.72. The predicted molar refractivity (Wildman–Crippen MR) is 83.2 cm³/mol. The van der Waals surface area contributed by atoms with Crippen molar-refractivity contribution in [3.8, 4) is 11.3 Å². The lowest BCUT2D eigenvalue weighted by molar-refractivity contribution is -0.131. The molecule has 0 aliphatic heterocycles. The van der Waals surface area contributed by atoms with E-state index in [1.54, 1.807) is 10.6 Å². The van der Waals surface area contributed by atoms with Crippen LogP contribution >= 0.6 is 0 Å². The van der Waals surface area contributed by atoms with E-state index in [1.165, 1.54) is 6.08 Å². The number of carboxylic acid groups (broad SMARTS) is 1. The minimum atomic E-state index is -1.07. The van der Waals surface area contributed by atoms with Gasteiger partial charge in [-0.3, -0.25) is 4.79 Å². The quantitative estimate of drug-likeness (QED) is 0.877. The van der Waals surface area contributed by atoms with Crippen LogP contribution in [0.1, 0.15) is 25.5 Å². The van der Waals surface area contributed by atoms with Crippen LogP contribution in [-0.2, 0) is 4.79 Å². The van der Waals surface area contributed by atoms with E-state index >= 15 is 0 Å². The lowest BCUT2D eigenvalue weighted by Crippen LogP contribution is -2.25. The highest BCUT2D eigenvalue weighted by Gasteiger charge is 2.11. The Kier molecular flexibility index (Phi) is 4.38. The molecule has 0 aliphatic rings. The summed E-state index contributed by atoms with van der Waals surface area (Å²) in [5, 5.41) is 8.68. The normalized spacial score (nSPS) is 11.2. The van der Waals surface area contributed by atoms with E-state index in [4.69, 9.17) is 5.11 Å². The first-order valence-electron chi connectivity index (χ1n) is 6.72. The summed E-state index contributed by atoms with van der Waals surface area (Å²) < 4.78 is 1.68. The highest BCUT2D eigenvalue weighted by molar-refractivity contribution is 5.85. The van der Waals surface area contributed by atoms with Gasteiger partial charge in [-0.25, -0.2) is 4.79 Å². The van der Waals surface area contributed by atoms with Crippen molar-refractivity contribution in [1.29, 1.82) is 0 Å². The maximum atomic E-state index is 12.5. The van der Waals surface area contributed by atoms with Gasteiger partial charge in [-0.15, -0.1) is 0 Å². The summed E-state index contributed by atoms with van der Waals surface area (Å²) in [4.78, 5) is 23.1. The Balaban J connectivity index is 2.62. The third-order valence-electron chi connectivity index (χ3n) is 3.14. The molecule has 2 aromatic rings. The molecule has 0 aliphatic carbocycles. The molecule has 21 heavy (non-hydrogen) atoms. The molecule has 1 N–H and O–H groups in total. The lowest BCUT2D eigenvalue weighted by atomic mass is 10.1. The van der Waals surface area contributed by atoms with Crippen LogP contribution < -0.4 is 5.56 Å². The van der Waals surface area contributed by atoms with Gasteiger partial charge in [0, 0.05) is 17.7 Å². The molecule has 0 unspecified atom stereocenters. The Bertz CT molecular complexity index is 727. The van der Waals surface area contributed by atoms with Crippen molar-refractivity contribution in [2.45, 2.75) is 19.9 Å². The number of hydrogen-bond donors (Lipinski definition) is 1. The molecule has 0 saturated carbocycles. The molecular weight excluding hydrogens is 266 g/mol. The van der Waals surface area contributed by atoms with Gasteiger partial charge in [0.2, 0.25) is 0 Å². The van der Waals surface area contributed by atoms with E-state index in [2.05, 4.69) is 0 Å². The number of pyridine rings is 1. The van der Waals surface area contributed by atoms with E-state index in [0.717, 1.165) is 17.3 Å². The summed E-state index contributed by atoms with van der Waals surface area (Å²) >= 11 is 0. The molecule has 2 rings (SSSR count). The van der Waals surface area contributed by atoms with Crippen molar-refractivity contribution in [2.24, 2.45) is 0 Å². The Morgan fingerprint density at radius 2 is 1.81 bits per heavy atom. The number of nitrogens with zero attached hydrogens (tertiary/aromatic N) is 1. The zero-order chi connectivity index (χ0) is 15.4. The summed E-state index contributed by atoms with van der Waals surface area (Å²) in [6.45, 7) is 3.86. The second kappa shape index (κ2) is 6.22. The Labute approximate surface area is 123 Å². The van der Waals surface area contributed by atoms with Gasteiger partial charge in [0.05, 0.1) is 5.69 Å². The average molecular weight is 283 g/mol.